The molecule has 0 saturated heterocycles. The molecule has 3 heteroatoms. The molecule has 0 saturated carbocycles. The van der Waals surface area contributed by atoms with Crippen LogP contribution in [0.2, 0.25) is 0 Å². The summed E-state index contributed by atoms with van der Waals surface area (Å²) >= 11 is 2.40. The zero-order valence-electron chi connectivity index (χ0n) is 6.65. The average Bonchev–Trinajstić information content (AvgIpc) is 1.98. The van der Waals surface area contributed by atoms with Crippen molar-refractivity contribution in [3.63, 3.8) is 0 Å². The molecule has 0 rings (SSSR count). The van der Waals surface area contributed by atoms with Crippen molar-refractivity contribution in [2.75, 3.05) is 30.6 Å². The van der Waals surface area contributed by atoms with Gasteiger partial charge in [0.2, 0.25) is 0 Å². The van der Waals surface area contributed by atoms with Gasteiger partial charge in [-0.15, -0.1) is 0 Å². The number of halogens is 1. The molecule has 0 radical (unpaired) electrons. The monoisotopic (exact) mass is 256 g/mol. The van der Waals surface area contributed by atoms with Crippen LogP contribution in [0.25, 0.3) is 0 Å². The average molecular weight is 256 g/mol. The Kier molecular flexibility index (Phi) is 8.26. The molecule has 0 aliphatic heterocycles. The van der Waals surface area contributed by atoms with Gasteiger partial charge in [-0.3, -0.25) is 0 Å². The molecule has 0 aromatic rings. The maximum Gasteiger partial charge on any atom is 0.0123 e. The fraction of sp³-hybridized carbons (Fsp3) is 1.00. The highest BCUT2D eigenvalue weighted by Gasteiger charge is 1.97. The van der Waals surface area contributed by atoms with E-state index in [9.17, 15) is 0 Å². The van der Waals surface area contributed by atoms with Crippen LogP contribution < -0.4 is 5.73 Å². The Morgan fingerprint density at radius 3 is 2.50 bits per heavy atom. The van der Waals surface area contributed by atoms with Gasteiger partial charge in [-0.2, -0.15) is 0 Å². The standard InChI is InChI=1S/C7H17IN2/c1-2-10(7-4-8)6-3-5-9/h2-7,9H2,1H3. The Bertz CT molecular complexity index is 68.6. The molecule has 0 bridgehead atoms. The van der Waals surface area contributed by atoms with Gasteiger partial charge in [0.25, 0.3) is 0 Å². The Morgan fingerprint density at radius 2 is 2.10 bits per heavy atom. The lowest BCUT2D eigenvalue weighted by Gasteiger charge is -2.17. The SMILES string of the molecule is CCN(CCI)CCCN. The topological polar surface area (TPSA) is 29.3 Å². The van der Waals surface area contributed by atoms with Crippen molar-refractivity contribution in [1.82, 2.24) is 4.90 Å². The highest BCUT2D eigenvalue weighted by Crippen LogP contribution is 1.92. The minimum atomic E-state index is 0.817. The second-order valence-corrected chi connectivity index (χ2v) is 3.34. The highest BCUT2D eigenvalue weighted by atomic mass is 127. The van der Waals surface area contributed by atoms with Gasteiger partial charge in [0.1, 0.15) is 0 Å². The molecule has 0 amide bonds. The number of rotatable bonds is 6. The van der Waals surface area contributed by atoms with Crippen molar-refractivity contribution in [2.45, 2.75) is 13.3 Å². The summed E-state index contributed by atoms with van der Waals surface area (Å²) in [4.78, 5) is 2.43. The molecule has 62 valence electrons. The molecular weight excluding hydrogens is 239 g/mol. The first-order valence-electron chi connectivity index (χ1n) is 3.83. The lowest BCUT2D eigenvalue weighted by molar-refractivity contribution is 0.306. The van der Waals surface area contributed by atoms with Gasteiger partial charge in [-0.25, -0.2) is 0 Å². The first-order chi connectivity index (χ1) is 4.85. The summed E-state index contributed by atoms with van der Waals surface area (Å²) in [6.07, 6.45) is 1.13. The van der Waals surface area contributed by atoms with E-state index in [1.807, 2.05) is 0 Å². The molecular formula is C7H17IN2. The van der Waals surface area contributed by atoms with Gasteiger partial charge in [-0.1, -0.05) is 29.5 Å². The van der Waals surface area contributed by atoms with Crippen LogP contribution >= 0.6 is 22.6 Å². The molecule has 0 fully saturated rings. The van der Waals surface area contributed by atoms with E-state index in [1.165, 1.54) is 11.0 Å². The lowest BCUT2D eigenvalue weighted by atomic mass is 10.4. The van der Waals surface area contributed by atoms with Crippen molar-refractivity contribution in [3.8, 4) is 0 Å². The summed E-state index contributed by atoms with van der Waals surface area (Å²) in [5.74, 6) is 0. The van der Waals surface area contributed by atoms with Crippen molar-refractivity contribution >= 4 is 22.6 Å². The number of hydrogen-bond donors (Lipinski definition) is 1. The Balaban J connectivity index is 3.21. The first kappa shape index (κ1) is 10.7. The van der Waals surface area contributed by atoms with E-state index < -0.39 is 0 Å². The van der Waals surface area contributed by atoms with Crippen molar-refractivity contribution in [3.05, 3.63) is 0 Å². The number of nitrogens with zero attached hydrogens (tertiary/aromatic N) is 1. The van der Waals surface area contributed by atoms with Gasteiger partial charge in [0.05, 0.1) is 0 Å². The lowest BCUT2D eigenvalue weighted by Crippen LogP contribution is -2.27. The van der Waals surface area contributed by atoms with E-state index in [4.69, 9.17) is 5.73 Å². The summed E-state index contributed by atoms with van der Waals surface area (Å²) in [7, 11) is 0. The van der Waals surface area contributed by atoms with Crippen molar-refractivity contribution in [2.24, 2.45) is 5.73 Å². The number of alkyl halides is 1. The van der Waals surface area contributed by atoms with E-state index >= 15 is 0 Å². The van der Waals surface area contributed by atoms with Gasteiger partial charge in [0, 0.05) is 11.0 Å². The normalized spacial score (nSPS) is 10.8. The molecule has 0 atom stereocenters. The third kappa shape index (κ3) is 5.44. The number of hydrogen-bond acceptors (Lipinski definition) is 2. The highest BCUT2D eigenvalue weighted by molar-refractivity contribution is 14.1. The summed E-state index contributed by atoms with van der Waals surface area (Å²) in [6, 6.07) is 0. The first-order valence-corrected chi connectivity index (χ1v) is 5.36. The van der Waals surface area contributed by atoms with Gasteiger partial charge >= 0.3 is 0 Å². The van der Waals surface area contributed by atoms with Crippen molar-refractivity contribution in [1.29, 1.82) is 0 Å². The molecule has 0 heterocycles. The molecule has 2 nitrogen and oxygen atoms in total. The summed E-state index contributed by atoms with van der Waals surface area (Å²) in [6.45, 7) is 6.54. The van der Waals surface area contributed by atoms with Gasteiger partial charge < -0.3 is 10.6 Å². The van der Waals surface area contributed by atoms with Crippen LogP contribution in [0.15, 0.2) is 0 Å². The van der Waals surface area contributed by atoms with E-state index in [1.54, 1.807) is 0 Å². The number of nitrogens with two attached hydrogens (primary N) is 1. The predicted octanol–water partition coefficient (Wildman–Crippen LogP) is 1.09. The molecule has 10 heavy (non-hydrogen) atoms. The fourth-order valence-electron chi connectivity index (χ4n) is 0.862. The maximum absolute atomic E-state index is 5.40. The van der Waals surface area contributed by atoms with Crippen LogP contribution in [0.1, 0.15) is 13.3 Å². The molecule has 2 N–H and O–H groups in total. The second kappa shape index (κ2) is 7.75. The van der Waals surface area contributed by atoms with Gasteiger partial charge in [0.15, 0.2) is 0 Å². The van der Waals surface area contributed by atoms with Crippen LogP contribution in [0.5, 0.6) is 0 Å². The summed E-state index contributed by atoms with van der Waals surface area (Å²) < 4.78 is 1.22. The third-order valence-corrected chi connectivity index (χ3v) is 2.01. The fourth-order valence-corrected chi connectivity index (χ4v) is 1.54. The smallest absolute Gasteiger partial charge is 0.0123 e. The minimum Gasteiger partial charge on any atom is -0.330 e. The minimum absolute atomic E-state index is 0.817. The van der Waals surface area contributed by atoms with Crippen LogP contribution in [-0.2, 0) is 0 Å². The van der Waals surface area contributed by atoms with E-state index in [0.717, 1.165) is 26.1 Å². The molecule has 0 aromatic heterocycles. The zero-order valence-corrected chi connectivity index (χ0v) is 8.80. The quantitative estimate of drug-likeness (QED) is 0.569. The Labute approximate surface area is 77.3 Å². The molecule has 0 aliphatic carbocycles. The third-order valence-electron chi connectivity index (χ3n) is 1.53. The summed E-state index contributed by atoms with van der Waals surface area (Å²) in [5, 5.41) is 0. The summed E-state index contributed by atoms with van der Waals surface area (Å²) in [5.41, 5.74) is 5.40. The van der Waals surface area contributed by atoms with Crippen LogP contribution in [0.3, 0.4) is 0 Å². The van der Waals surface area contributed by atoms with Gasteiger partial charge in [-0.05, 0) is 26.1 Å². The zero-order chi connectivity index (χ0) is 7.82. The van der Waals surface area contributed by atoms with E-state index in [0.29, 0.717) is 0 Å². The van der Waals surface area contributed by atoms with Crippen LogP contribution in [0.4, 0.5) is 0 Å². The molecule has 0 unspecified atom stereocenters. The maximum atomic E-state index is 5.40. The largest absolute Gasteiger partial charge is 0.330 e. The molecule has 0 spiro atoms. The predicted molar refractivity (Wildman–Crippen MR) is 54.7 cm³/mol. The van der Waals surface area contributed by atoms with Crippen LogP contribution in [-0.4, -0.2) is 35.5 Å². The molecule has 0 aromatic carbocycles. The molecule has 0 aliphatic rings. The Hall–Kier alpha value is 0.650. The van der Waals surface area contributed by atoms with Crippen LogP contribution in [0, 0.1) is 0 Å². The Morgan fingerprint density at radius 1 is 1.40 bits per heavy atom. The van der Waals surface area contributed by atoms with E-state index in [-0.39, 0.29) is 0 Å². The second-order valence-electron chi connectivity index (χ2n) is 2.27. The van der Waals surface area contributed by atoms with E-state index in [2.05, 4.69) is 34.4 Å². The van der Waals surface area contributed by atoms with Crippen molar-refractivity contribution < 1.29 is 0 Å².